The number of aryl methyl sites for hydroxylation is 1. The van der Waals surface area contributed by atoms with Crippen molar-refractivity contribution in [3.63, 3.8) is 0 Å². The van der Waals surface area contributed by atoms with Gasteiger partial charge in [-0.3, -0.25) is 4.79 Å². The Morgan fingerprint density at radius 3 is 2.75 bits per heavy atom. The topological polar surface area (TPSA) is 97.5 Å². The fraction of sp³-hybridized carbons (Fsp3) is 0.375. The normalized spacial score (nSPS) is 18.3. The van der Waals surface area contributed by atoms with E-state index in [2.05, 4.69) is 15.5 Å². The molecule has 0 saturated heterocycles. The first-order valence-electron chi connectivity index (χ1n) is 10.9. The Hall–Kier alpha value is -2.90. The number of nitrogens with zero attached hydrogens (tertiary/aromatic N) is 2. The Labute approximate surface area is 191 Å². The highest BCUT2D eigenvalue weighted by Crippen LogP contribution is 2.31. The zero-order valence-electron chi connectivity index (χ0n) is 17.9. The summed E-state index contributed by atoms with van der Waals surface area (Å²) in [4.78, 5) is 17.3. The van der Waals surface area contributed by atoms with Crippen molar-refractivity contribution in [3.8, 4) is 17.0 Å². The van der Waals surface area contributed by atoms with Crippen LogP contribution in [-0.2, 0) is 13.0 Å². The zero-order valence-corrected chi connectivity index (χ0v) is 18.6. The van der Waals surface area contributed by atoms with Gasteiger partial charge in [0.25, 0.3) is 5.91 Å². The van der Waals surface area contributed by atoms with Gasteiger partial charge >= 0.3 is 0 Å². The summed E-state index contributed by atoms with van der Waals surface area (Å²) < 4.78 is 11.2. The molecule has 1 fully saturated rings. The molecule has 7 nitrogen and oxygen atoms in total. The summed E-state index contributed by atoms with van der Waals surface area (Å²) in [5, 5.41) is 17.7. The highest BCUT2D eigenvalue weighted by molar-refractivity contribution is 6.30. The van der Waals surface area contributed by atoms with Crippen LogP contribution in [0.15, 0.2) is 47.1 Å². The number of pyridine rings is 1. The van der Waals surface area contributed by atoms with Crippen LogP contribution in [0.2, 0.25) is 5.02 Å². The van der Waals surface area contributed by atoms with Gasteiger partial charge in [-0.1, -0.05) is 48.7 Å². The predicted molar refractivity (Wildman–Crippen MR) is 121 cm³/mol. The van der Waals surface area contributed by atoms with Crippen LogP contribution in [0.3, 0.4) is 0 Å². The highest BCUT2D eigenvalue weighted by atomic mass is 35.5. The van der Waals surface area contributed by atoms with E-state index in [1.807, 2.05) is 25.1 Å². The summed E-state index contributed by atoms with van der Waals surface area (Å²) in [5.74, 6) is 0.892. The number of ether oxygens (including phenoxy) is 1. The van der Waals surface area contributed by atoms with Crippen LogP contribution < -0.4 is 10.1 Å². The number of hydrogen-bond acceptors (Lipinski definition) is 6. The molecule has 1 aromatic carbocycles. The molecule has 8 heteroatoms. The summed E-state index contributed by atoms with van der Waals surface area (Å²) >= 11 is 6.05. The predicted octanol–water partition coefficient (Wildman–Crippen LogP) is 4.56. The monoisotopic (exact) mass is 455 g/mol. The van der Waals surface area contributed by atoms with Crippen LogP contribution >= 0.6 is 11.6 Å². The van der Waals surface area contributed by atoms with Gasteiger partial charge in [0.1, 0.15) is 18.1 Å². The molecule has 168 valence electrons. The zero-order chi connectivity index (χ0) is 22.5. The number of carbonyl (C=O) groups is 1. The van der Waals surface area contributed by atoms with Crippen LogP contribution in [0.5, 0.6) is 5.88 Å². The first-order valence-corrected chi connectivity index (χ1v) is 11.2. The molecule has 2 aromatic heterocycles. The van der Waals surface area contributed by atoms with E-state index in [1.54, 1.807) is 18.2 Å². The minimum absolute atomic E-state index is 0.191. The summed E-state index contributed by atoms with van der Waals surface area (Å²) in [7, 11) is 0. The number of nitrogens with one attached hydrogen (secondary N) is 1. The molecule has 2 atom stereocenters. The molecule has 1 saturated carbocycles. The van der Waals surface area contributed by atoms with Gasteiger partial charge in [-0.05, 0) is 36.6 Å². The third-order valence-corrected chi connectivity index (χ3v) is 5.88. The van der Waals surface area contributed by atoms with E-state index in [-0.39, 0.29) is 18.6 Å². The molecule has 0 bridgehead atoms. The van der Waals surface area contributed by atoms with Crippen LogP contribution in [-0.4, -0.2) is 33.3 Å². The number of amides is 1. The number of hydrogen-bond donors (Lipinski definition) is 2. The van der Waals surface area contributed by atoms with Crippen LogP contribution in [0, 0.1) is 0 Å². The second kappa shape index (κ2) is 10.1. The van der Waals surface area contributed by atoms with E-state index >= 15 is 0 Å². The SMILES string of the molecule is CCc1cc(COc2ncc(C(=O)N[C@@H]3CCCC[C@H]3O)cc2-c2ccc(Cl)cc2)no1. The number of rotatable bonds is 7. The summed E-state index contributed by atoms with van der Waals surface area (Å²) in [6.45, 7) is 2.18. The molecule has 0 spiro atoms. The van der Waals surface area contributed by atoms with Gasteiger partial charge in [0.05, 0.1) is 17.7 Å². The van der Waals surface area contributed by atoms with Crippen molar-refractivity contribution in [2.24, 2.45) is 0 Å². The number of halogens is 1. The molecule has 1 amide bonds. The quantitative estimate of drug-likeness (QED) is 0.541. The van der Waals surface area contributed by atoms with Crippen molar-refractivity contribution in [1.29, 1.82) is 0 Å². The number of aliphatic hydroxyl groups excluding tert-OH is 1. The van der Waals surface area contributed by atoms with Gasteiger partial charge in [0.15, 0.2) is 0 Å². The third kappa shape index (κ3) is 5.29. The van der Waals surface area contributed by atoms with E-state index in [0.717, 1.165) is 37.0 Å². The number of aliphatic hydroxyl groups is 1. The van der Waals surface area contributed by atoms with E-state index < -0.39 is 6.10 Å². The summed E-state index contributed by atoms with van der Waals surface area (Å²) in [6, 6.07) is 10.6. The fourth-order valence-electron chi connectivity index (χ4n) is 3.79. The Bertz CT molecular complexity index is 1070. The lowest BCUT2D eigenvalue weighted by Crippen LogP contribution is -2.45. The molecule has 1 aliphatic rings. The summed E-state index contributed by atoms with van der Waals surface area (Å²) in [6.07, 6.45) is 5.16. The van der Waals surface area contributed by atoms with E-state index in [4.69, 9.17) is 20.9 Å². The smallest absolute Gasteiger partial charge is 0.253 e. The fourth-order valence-corrected chi connectivity index (χ4v) is 3.92. The highest BCUT2D eigenvalue weighted by Gasteiger charge is 2.25. The average Bonchev–Trinajstić information content (AvgIpc) is 3.28. The molecule has 32 heavy (non-hydrogen) atoms. The number of aromatic nitrogens is 2. The van der Waals surface area contributed by atoms with E-state index in [1.165, 1.54) is 6.20 Å². The Morgan fingerprint density at radius 1 is 1.25 bits per heavy atom. The van der Waals surface area contributed by atoms with Crippen molar-refractivity contribution in [1.82, 2.24) is 15.5 Å². The van der Waals surface area contributed by atoms with E-state index in [0.29, 0.717) is 34.1 Å². The molecule has 0 unspecified atom stereocenters. The lowest BCUT2D eigenvalue weighted by atomic mass is 9.92. The van der Waals surface area contributed by atoms with Crippen molar-refractivity contribution < 1.29 is 19.2 Å². The molecule has 2 heterocycles. The van der Waals surface area contributed by atoms with Gasteiger partial charge in [-0.15, -0.1) is 0 Å². The average molecular weight is 456 g/mol. The first-order chi connectivity index (χ1) is 15.5. The number of benzene rings is 1. The first kappa shape index (κ1) is 22.3. The maximum absolute atomic E-state index is 12.9. The van der Waals surface area contributed by atoms with Crippen LogP contribution in [0.1, 0.15) is 54.4 Å². The minimum Gasteiger partial charge on any atom is -0.471 e. The second-order valence-electron chi connectivity index (χ2n) is 7.94. The van der Waals surface area contributed by atoms with E-state index in [9.17, 15) is 9.90 Å². The van der Waals surface area contributed by atoms with Crippen LogP contribution in [0.25, 0.3) is 11.1 Å². The maximum Gasteiger partial charge on any atom is 0.253 e. The molecule has 4 rings (SSSR count). The standard InChI is InChI=1S/C24H26ClN3O4/c1-2-19-12-18(28-32-19)14-31-24-20(15-7-9-17(25)10-8-15)11-16(13-26-24)23(30)27-21-5-3-4-6-22(21)29/h7-13,21-22,29H,2-6,14H2,1H3,(H,27,30)/t21-,22-/m1/s1. The van der Waals surface area contributed by atoms with Crippen molar-refractivity contribution >= 4 is 17.5 Å². The minimum atomic E-state index is -0.519. The third-order valence-electron chi connectivity index (χ3n) is 5.63. The summed E-state index contributed by atoms with van der Waals surface area (Å²) in [5.41, 5.74) is 2.55. The number of carbonyl (C=O) groups excluding carboxylic acids is 1. The molecule has 1 aliphatic carbocycles. The molecular formula is C24H26ClN3O4. The van der Waals surface area contributed by atoms with Gasteiger partial charge in [-0.25, -0.2) is 4.98 Å². The molecule has 0 radical (unpaired) electrons. The molecular weight excluding hydrogens is 430 g/mol. The Balaban J connectivity index is 1.58. The Morgan fingerprint density at radius 2 is 2.03 bits per heavy atom. The maximum atomic E-state index is 12.9. The van der Waals surface area contributed by atoms with Crippen molar-refractivity contribution in [2.75, 3.05) is 0 Å². The largest absolute Gasteiger partial charge is 0.471 e. The van der Waals surface area contributed by atoms with Crippen molar-refractivity contribution in [3.05, 3.63) is 64.6 Å². The molecule has 0 aliphatic heterocycles. The Kier molecular flexibility index (Phi) is 7.07. The van der Waals surface area contributed by atoms with Gasteiger partial charge in [-0.2, -0.15) is 0 Å². The lowest BCUT2D eigenvalue weighted by Gasteiger charge is -2.28. The lowest BCUT2D eigenvalue weighted by molar-refractivity contribution is 0.0717. The van der Waals surface area contributed by atoms with Crippen LogP contribution in [0.4, 0.5) is 0 Å². The molecule has 3 aromatic rings. The van der Waals surface area contributed by atoms with Crippen molar-refractivity contribution in [2.45, 2.75) is 57.8 Å². The van der Waals surface area contributed by atoms with Gasteiger partial charge in [0.2, 0.25) is 5.88 Å². The van der Waals surface area contributed by atoms with Gasteiger partial charge in [0, 0.05) is 29.3 Å². The second-order valence-corrected chi connectivity index (χ2v) is 8.38. The van der Waals surface area contributed by atoms with Gasteiger partial charge < -0.3 is 19.7 Å². The molecule has 2 N–H and O–H groups in total.